The molecule has 124 valence electrons. The SMILES string of the molecule is CCNCC1CCCN(S(=O)(=O)N2CCCC(C)CC2)C1. The van der Waals surface area contributed by atoms with E-state index in [2.05, 4.69) is 19.2 Å². The molecule has 2 rings (SSSR count). The van der Waals surface area contributed by atoms with Gasteiger partial charge >= 0.3 is 0 Å². The van der Waals surface area contributed by atoms with Gasteiger partial charge in [-0.25, -0.2) is 0 Å². The summed E-state index contributed by atoms with van der Waals surface area (Å²) in [6, 6.07) is 0. The van der Waals surface area contributed by atoms with Gasteiger partial charge in [-0.2, -0.15) is 17.0 Å². The number of hydrogen-bond acceptors (Lipinski definition) is 3. The van der Waals surface area contributed by atoms with Crippen molar-refractivity contribution >= 4 is 10.2 Å². The van der Waals surface area contributed by atoms with Crippen molar-refractivity contribution in [3.63, 3.8) is 0 Å². The van der Waals surface area contributed by atoms with Crippen LogP contribution in [-0.2, 0) is 10.2 Å². The van der Waals surface area contributed by atoms with Crippen LogP contribution < -0.4 is 5.32 Å². The first-order valence-corrected chi connectivity index (χ1v) is 9.89. The molecule has 0 saturated carbocycles. The van der Waals surface area contributed by atoms with Crippen molar-refractivity contribution in [1.29, 1.82) is 0 Å². The van der Waals surface area contributed by atoms with Gasteiger partial charge in [0.25, 0.3) is 10.2 Å². The Labute approximate surface area is 130 Å². The number of piperidine rings is 1. The molecule has 0 spiro atoms. The first-order valence-electron chi connectivity index (χ1n) is 8.50. The van der Waals surface area contributed by atoms with Gasteiger partial charge in [0.15, 0.2) is 0 Å². The zero-order chi connectivity index (χ0) is 15.3. The van der Waals surface area contributed by atoms with E-state index in [1.165, 1.54) is 0 Å². The van der Waals surface area contributed by atoms with E-state index in [4.69, 9.17) is 0 Å². The largest absolute Gasteiger partial charge is 0.317 e. The molecule has 0 aromatic rings. The van der Waals surface area contributed by atoms with Gasteiger partial charge in [-0.3, -0.25) is 0 Å². The van der Waals surface area contributed by atoms with Gasteiger partial charge in [0, 0.05) is 26.2 Å². The second-order valence-electron chi connectivity index (χ2n) is 6.62. The lowest BCUT2D eigenvalue weighted by Crippen LogP contribution is -2.49. The van der Waals surface area contributed by atoms with Crippen LogP contribution in [0.5, 0.6) is 0 Å². The maximum Gasteiger partial charge on any atom is 0.281 e. The van der Waals surface area contributed by atoms with E-state index < -0.39 is 10.2 Å². The second kappa shape index (κ2) is 7.90. The third-order valence-electron chi connectivity index (χ3n) is 4.79. The van der Waals surface area contributed by atoms with Crippen LogP contribution in [0.1, 0.15) is 46.0 Å². The van der Waals surface area contributed by atoms with Crippen LogP contribution in [0.15, 0.2) is 0 Å². The summed E-state index contributed by atoms with van der Waals surface area (Å²) in [6.07, 6.45) is 5.26. The van der Waals surface area contributed by atoms with Crippen molar-refractivity contribution in [3.05, 3.63) is 0 Å². The summed E-state index contributed by atoms with van der Waals surface area (Å²) < 4.78 is 29.2. The van der Waals surface area contributed by atoms with Crippen LogP contribution in [0.25, 0.3) is 0 Å². The van der Waals surface area contributed by atoms with Crippen molar-refractivity contribution < 1.29 is 8.42 Å². The Bertz CT molecular complexity index is 413. The second-order valence-corrected chi connectivity index (χ2v) is 8.55. The average molecular weight is 317 g/mol. The van der Waals surface area contributed by atoms with Crippen LogP contribution in [0.2, 0.25) is 0 Å². The van der Waals surface area contributed by atoms with Gasteiger partial charge in [-0.15, -0.1) is 0 Å². The monoisotopic (exact) mass is 317 g/mol. The lowest BCUT2D eigenvalue weighted by molar-refractivity contribution is 0.243. The molecular formula is C15H31N3O2S. The number of nitrogens with zero attached hydrogens (tertiary/aromatic N) is 2. The Hall–Kier alpha value is -0.170. The third kappa shape index (κ3) is 4.65. The van der Waals surface area contributed by atoms with E-state index in [-0.39, 0.29) is 0 Å². The van der Waals surface area contributed by atoms with Crippen LogP contribution in [-0.4, -0.2) is 56.3 Å². The highest BCUT2D eigenvalue weighted by Gasteiger charge is 2.34. The number of nitrogens with one attached hydrogen (secondary N) is 1. The average Bonchev–Trinajstić information content (AvgIpc) is 2.70. The maximum absolute atomic E-state index is 12.9. The molecule has 1 N–H and O–H groups in total. The summed E-state index contributed by atoms with van der Waals surface area (Å²) in [7, 11) is -3.25. The molecule has 2 aliphatic heterocycles. The lowest BCUT2D eigenvalue weighted by Gasteiger charge is -2.35. The minimum absolute atomic E-state index is 0.458. The Kier molecular flexibility index (Phi) is 6.47. The van der Waals surface area contributed by atoms with Gasteiger partial charge in [0.2, 0.25) is 0 Å². The number of rotatable bonds is 5. The van der Waals surface area contributed by atoms with E-state index in [9.17, 15) is 8.42 Å². The number of hydrogen-bond donors (Lipinski definition) is 1. The Morgan fingerprint density at radius 3 is 2.52 bits per heavy atom. The molecule has 2 aliphatic rings. The van der Waals surface area contributed by atoms with E-state index in [1.807, 2.05) is 0 Å². The predicted octanol–water partition coefficient (Wildman–Crippen LogP) is 1.67. The van der Waals surface area contributed by atoms with Gasteiger partial charge in [-0.05, 0) is 57.0 Å². The quantitative estimate of drug-likeness (QED) is 0.839. The standard InChI is InChI=1S/C15H31N3O2S/c1-3-16-12-15-7-5-10-18(13-15)21(19,20)17-9-4-6-14(2)8-11-17/h14-16H,3-13H2,1-2H3. The summed E-state index contributed by atoms with van der Waals surface area (Å²) in [4.78, 5) is 0. The molecule has 2 fully saturated rings. The van der Waals surface area contributed by atoms with Gasteiger partial charge in [-0.1, -0.05) is 13.8 Å². The fourth-order valence-corrected chi connectivity index (χ4v) is 5.16. The molecule has 0 radical (unpaired) electrons. The smallest absolute Gasteiger partial charge is 0.281 e. The van der Waals surface area contributed by atoms with Crippen molar-refractivity contribution in [2.45, 2.75) is 46.0 Å². The Morgan fingerprint density at radius 1 is 1.05 bits per heavy atom. The zero-order valence-electron chi connectivity index (χ0n) is 13.6. The molecule has 6 heteroatoms. The highest BCUT2D eigenvalue weighted by Crippen LogP contribution is 2.24. The van der Waals surface area contributed by atoms with Crippen LogP contribution in [0.3, 0.4) is 0 Å². The first-order chi connectivity index (χ1) is 10.0. The maximum atomic E-state index is 12.9. The summed E-state index contributed by atoms with van der Waals surface area (Å²) in [5.74, 6) is 1.10. The fourth-order valence-electron chi connectivity index (χ4n) is 3.38. The highest BCUT2D eigenvalue weighted by molar-refractivity contribution is 7.86. The lowest BCUT2D eigenvalue weighted by atomic mass is 10.00. The van der Waals surface area contributed by atoms with Crippen LogP contribution in [0.4, 0.5) is 0 Å². The molecule has 0 bridgehead atoms. The van der Waals surface area contributed by atoms with Crippen molar-refractivity contribution in [1.82, 2.24) is 13.9 Å². The summed E-state index contributed by atoms with van der Waals surface area (Å²) in [6.45, 7) is 8.96. The summed E-state index contributed by atoms with van der Waals surface area (Å²) >= 11 is 0. The van der Waals surface area contributed by atoms with Crippen molar-refractivity contribution in [2.24, 2.45) is 11.8 Å². The molecule has 0 amide bonds. The molecule has 0 aromatic heterocycles. The molecule has 2 heterocycles. The first kappa shape index (κ1) is 17.2. The van der Waals surface area contributed by atoms with E-state index in [1.54, 1.807) is 8.61 Å². The molecule has 0 aliphatic carbocycles. The molecule has 2 unspecified atom stereocenters. The molecule has 5 nitrogen and oxygen atoms in total. The molecule has 0 aromatic carbocycles. The van der Waals surface area contributed by atoms with E-state index >= 15 is 0 Å². The molecule has 2 saturated heterocycles. The fraction of sp³-hybridized carbons (Fsp3) is 1.00. The normalized spacial score (nSPS) is 30.2. The predicted molar refractivity (Wildman–Crippen MR) is 86.3 cm³/mol. The van der Waals surface area contributed by atoms with Crippen LogP contribution in [0, 0.1) is 11.8 Å². The van der Waals surface area contributed by atoms with Crippen LogP contribution >= 0.6 is 0 Å². The molecular weight excluding hydrogens is 286 g/mol. The third-order valence-corrected chi connectivity index (χ3v) is 6.79. The highest BCUT2D eigenvalue weighted by atomic mass is 32.2. The Morgan fingerprint density at radius 2 is 1.76 bits per heavy atom. The van der Waals surface area contributed by atoms with Gasteiger partial charge in [0.1, 0.15) is 0 Å². The summed E-state index contributed by atoms with van der Waals surface area (Å²) in [5.41, 5.74) is 0. The topological polar surface area (TPSA) is 52.7 Å². The minimum atomic E-state index is -3.25. The van der Waals surface area contributed by atoms with Gasteiger partial charge in [0.05, 0.1) is 0 Å². The molecule has 21 heavy (non-hydrogen) atoms. The van der Waals surface area contributed by atoms with Crippen molar-refractivity contribution in [3.8, 4) is 0 Å². The van der Waals surface area contributed by atoms with E-state index in [0.717, 1.165) is 45.2 Å². The molecule has 2 atom stereocenters. The summed E-state index contributed by atoms with van der Waals surface area (Å²) in [5, 5.41) is 3.35. The van der Waals surface area contributed by atoms with Crippen molar-refractivity contribution in [2.75, 3.05) is 39.3 Å². The van der Waals surface area contributed by atoms with Gasteiger partial charge < -0.3 is 5.32 Å². The minimum Gasteiger partial charge on any atom is -0.317 e. The zero-order valence-corrected chi connectivity index (χ0v) is 14.4. The Balaban J connectivity index is 1.97. The van der Waals surface area contributed by atoms with E-state index in [0.29, 0.717) is 38.0 Å².